The number of aryl methyl sites for hydroxylation is 2. The summed E-state index contributed by atoms with van der Waals surface area (Å²) >= 11 is 6.26. The molecule has 0 radical (unpaired) electrons. The van der Waals surface area contributed by atoms with E-state index in [1.165, 1.54) is 47.5 Å². The molecule has 4 aromatic heterocycles. The van der Waals surface area contributed by atoms with Crippen molar-refractivity contribution in [1.82, 2.24) is 24.1 Å². The minimum atomic E-state index is -1.37. The predicted molar refractivity (Wildman–Crippen MR) is 131 cm³/mol. The zero-order chi connectivity index (χ0) is 27.1. The van der Waals surface area contributed by atoms with Crippen LogP contribution in [-0.4, -0.2) is 29.2 Å². The first-order valence-corrected chi connectivity index (χ1v) is 11.4. The molecule has 0 saturated carbocycles. The standard InChI is InChI=1S/C25H22ClF2N5O4/c1-13-10-30-20(32-7-5-6-16(23(32)34)25(3,4)36)9-19(13)33-14(2)31-22(21(26)24(33)35)37-12-18-17(28)8-15(27)11-29-18/h5-11,36H,12H2,1-4H3. The lowest BCUT2D eigenvalue weighted by atomic mass is 10.0. The van der Waals surface area contributed by atoms with Crippen LogP contribution in [0.25, 0.3) is 11.5 Å². The highest BCUT2D eigenvalue weighted by atomic mass is 35.5. The Labute approximate surface area is 214 Å². The molecule has 9 nitrogen and oxygen atoms in total. The second kappa shape index (κ2) is 9.83. The molecule has 0 amide bonds. The third-order valence-electron chi connectivity index (χ3n) is 5.55. The number of halogens is 3. The van der Waals surface area contributed by atoms with Crippen molar-refractivity contribution < 1.29 is 18.6 Å². The Morgan fingerprint density at radius 3 is 2.51 bits per heavy atom. The highest BCUT2D eigenvalue weighted by Gasteiger charge is 2.22. The van der Waals surface area contributed by atoms with Gasteiger partial charge >= 0.3 is 0 Å². The molecule has 0 atom stereocenters. The fourth-order valence-electron chi connectivity index (χ4n) is 3.66. The van der Waals surface area contributed by atoms with Gasteiger partial charge in [0.1, 0.15) is 29.8 Å². The fraction of sp³-hybridized carbons (Fsp3) is 0.240. The molecule has 0 spiro atoms. The van der Waals surface area contributed by atoms with Gasteiger partial charge in [-0.05, 0) is 45.4 Å². The molecule has 4 rings (SSSR count). The molecular formula is C25H22ClF2N5O4. The van der Waals surface area contributed by atoms with Gasteiger partial charge in [0.25, 0.3) is 11.1 Å². The highest BCUT2D eigenvalue weighted by molar-refractivity contribution is 6.31. The Balaban J connectivity index is 1.76. The SMILES string of the molecule is Cc1cnc(-n2cccc(C(C)(C)O)c2=O)cc1-n1c(C)nc(OCc2ncc(F)cc2F)c(Cl)c1=O. The van der Waals surface area contributed by atoms with E-state index < -0.39 is 35.0 Å². The molecule has 0 bridgehead atoms. The normalized spacial score (nSPS) is 11.6. The molecule has 4 heterocycles. The van der Waals surface area contributed by atoms with Gasteiger partial charge in [-0.2, -0.15) is 4.98 Å². The van der Waals surface area contributed by atoms with Crippen LogP contribution in [0.4, 0.5) is 8.78 Å². The van der Waals surface area contributed by atoms with E-state index in [1.807, 2.05) is 0 Å². The Kier molecular flexibility index (Phi) is 6.94. The van der Waals surface area contributed by atoms with Crippen LogP contribution in [0.5, 0.6) is 5.88 Å². The summed E-state index contributed by atoms with van der Waals surface area (Å²) in [5, 5.41) is 9.97. The topological polar surface area (TPSA) is 112 Å². The molecule has 0 aromatic carbocycles. The van der Waals surface area contributed by atoms with Gasteiger partial charge in [-0.15, -0.1) is 0 Å². The number of hydrogen-bond donors (Lipinski definition) is 1. The summed E-state index contributed by atoms with van der Waals surface area (Å²) in [6.45, 7) is 5.84. The lowest BCUT2D eigenvalue weighted by Crippen LogP contribution is -2.31. The molecule has 1 N–H and O–H groups in total. The van der Waals surface area contributed by atoms with Crippen molar-refractivity contribution in [1.29, 1.82) is 0 Å². The second-order valence-corrected chi connectivity index (χ2v) is 9.15. The molecule has 37 heavy (non-hydrogen) atoms. The first-order valence-electron chi connectivity index (χ1n) is 11.0. The van der Waals surface area contributed by atoms with Gasteiger partial charge in [-0.25, -0.2) is 13.8 Å². The van der Waals surface area contributed by atoms with Crippen LogP contribution in [-0.2, 0) is 12.2 Å². The maximum absolute atomic E-state index is 13.9. The largest absolute Gasteiger partial charge is 0.470 e. The van der Waals surface area contributed by atoms with Gasteiger partial charge in [-0.3, -0.25) is 23.7 Å². The summed E-state index contributed by atoms with van der Waals surface area (Å²) in [7, 11) is 0. The first-order chi connectivity index (χ1) is 17.4. The Morgan fingerprint density at radius 2 is 1.84 bits per heavy atom. The van der Waals surface area contributed by atoms with Crippen molar-refractivity contribution in [3.8, 4) is 17.4 Å². The number of aromatic nitrogens is 5. The van der Waals surface area contributed by atoms with Crippen molar-refractivity contribution in [2.24, 2.45) is 0 Å². The smallest absolute Gasteiger partial charge is 0.280 e. The minimum Gasteiger partial charge on any atom is -0.470 e. The molecule has 0 unspecified atom stereocenters. The predicted octanol–water partition coefficient (Wildman–Crippen LogP) is 3.53. The lowest BCUT2D eigenvalue weighted by molar-refractivity contribution is 0.0767. The van der Waals surface area contributed by atoms with Crippen LogP contribution in [0, 0.1) is 25.5 Å². The van der Waals surface area contributed by atoms with Gasteiger partial charge in [-0.1, -0.05) is 11.6 Å². The summed E-state index contributed by atoms with van der Waals surface area (Å²) in [6.07, 6.45) is 3.83. The van der Waals surface area contributed by atoms with Crippen LogP contribution in [0.2, 0.25) is 5.02 Å². The van der Waals surface area contributed by atoms with E-state index in [-0.39, 0.29) is 33.8 Å². The maximum Gasteiger partial charge on any atom is 0.280 e. The van der Waals surface area contributed by atoms with Crippen molar-refractivity contribution in [2.45, 2.75) is 39.9 Å². The van der Waals surface area contributed by atoms with Gasteiger partial charge < -0.3 is 9.84 Å². The molecule has 192 valence electrons. The summed E-state index contributed by atoms with van der Waals surface area (Å²) < 4.78 is 34.9. The molecule has 0 aliphatic carbocycles. The third kappa shape index (κ3) is 5.13. The zero-order valence-corrected chi connectivity index (χ0v) is 21.0. The fourth-order valence-corrected chi connectivity index (χ4v) is 3.84. The monoisotopic (exact) mass is 529 g/mol. The summed E-state index contributed by atoms with van der Waals surface area (Å²) in [6, 6.07) is 5.32. The van der Waals surface area contributed by atoms with Crippen LogP contribution in [0.1, 0.15) is 36.5 Å². The number of rotatable bonds is 6. The van der Waals surface area contributed by atoms with E-state index in [2.05, 4.69) is 15.0 Å². The summed E-state index contributed by atoms with van der Waals surface area (Å²) in [5.74, 6) is -1.60. The Hall–Kier alpha value is -3.96. The van der Waals surface area contributed by atoms with Crippen molar-refractivity contribution in [2.75, 3.05) is 0 Å². The Bertz CT molecular complexity index is 1630. The Morgan fingerprint density at radius 1 is 1.11 bits per heavy atom. The number of ether oxygens (including phenoxy) is 1. The van der Waals surface area contributed by atoms with Crippen LogP contribution in [0.15, 0.2) is 52.4 Å². The number of aliphatic hydroxyl groups is 1. The summed E-state index contributed by atoms with van der Waals surface area (Å²) in [5.41, 5.74) is -1.58. The summed E-state index contributed by atoms with van der Waals surface area (Å²) in [4.78, 5) is 38.4. The van der Waals surface area contributed by atoms with E-state index in [0.717, 1.165) is 6.20 Å². The second-order valence-electron chi connectivity index (χ2n) is 8.77. The number of hydrogen-bond acceptors (Lipinski definition) is 7. The molecule has 0 saturated heterocycles. The quantitative estimate of drug-likeness (QED) is 0.406. The number of pyridine rings is 3. The van der Waals surface area contributed by atoms with E-state index in [0.29, 0.717) is 17.3 Å². The molecule has 4 aromatic rings. The van der Waals surface area contributed by atoms with E-state index in [1.54, 1.807) is 19.9 Å². The van der Waals surface area contributed by atoms with Gasteiger partial charge in [0, 0.05) is 30.1 Å². The van der Waals surface area contributed by atoms with Crippen LogP contribution in [0.3, 0.4) is 0 Å². The lowest BCUT2D eigenvalue weighted by Gasteiger charge is -2.19. The van der Waals surface area contributed by atoms with Gasteiger partial charge in [0.15, 0.2) is 10.8 Å². The van der Waals surface area contributed by atoms with Crippen LogP contribution >= 0.6 is 11.6 Å². The van der Waals surface area contributed by atoms with Crippen molar-refractivity contribution in [3.05, 3.63) is 103 Å². The van der Waals surface area contributed by atoms with Crippen LogP contribution < -0.4 is 15.9 Å². The van der Waals surface area contributed by atoms with E-state index >= 15 is 0 Å². The average molecular weight is 530 g/mol. The molecule has 0 fully saturated rings. The van der Waals surface area contributed by atoms with Gasteiger partial charge in [0.05, 0.1) is 17.5 Å². The zero-order valence-electron chi connectivity index (χ0n) is 20.3. The van der Waals surface area contributed by atoms with Crippen molar-refractivity contribution in [3.63, 3.8) is 0 Å². The van der Waals surface area contributed by atoms with E-state index in [9.17, 15) is 23.5 Å². The first kappa shape index (κ1) is 26.1. The molecule has 0 aliphatic heterocycles. The molecular weight excluding hydrogens is 508 g/mol. The minimum absolute atomic E-state index is 0.172. The average Bonchev–Trinajstić information content (AvgIpc) is 2.82. The third-order valence-corrected chi connectivity index (χ3v) is 5.87. The number of nitrogens with zero attached hydrogens (tertiary/aromatic N) is 5. The molecule has 12 heteroatoms. The maximum atomic E-state index is 13.9. The van der Waals surface area contributed by atoms with Gasteiger partial charge in [0.2, 0.25) is 5.88 Å². The van der Waals surface area contributed by atoms with E-state index in [4.69, 9.17) is 16.3 Å². The highest BCUT2D eigenvalue weighted by Crippen LogP contribution is 2.23. The van der Waals surface area contributed by atoms with Crippen molar-refractivity contribution >= 4 is 11.6 Å². The molecule has 0 aliphatic rings.